The lowest BCUT2D eigenvalue weighted by atomic mass is 10.3. The fourth-order valence-electron chi connectivity index (χ4n) is 3.31. The van der Waals surface area contributed by atoms with Crippen LogP contribution in [0.2, 0.25) is 0 Å². The molecule has 0 saturated carbocycles. The molecule has 2 aromatic heterocycles. The number of hydrogen-bond acceptors (Lipinski definition) is 7. The molecule has 154 valence electrons. The van der Waals surface area contributed by atoms with Gasteiger partial charge >= 0.3 is 0 Å². The number of ether oxygens (including phenoxy) is 3. The molecule has 0 atom stereocenters. The van der Waals surface area contributed by atoms with Gasteiger partial charge in [0.05, 0.1) is 55.7 Å². The molecule has 0 unspecified atom stereocenters. The molecule has 8 heteroatoms. The van der Waals surface area contributed by atoms with Crippen molar-refractivity contribution < 1.29 is 14.2 Å². The first-order chi connectivity index (χ1) is 14.2. The number of anilines is 1. The minimum absolute atomic E-state index is 0.630. The van der Waals surface area contributed by atoms with Crippen molar-refractivity contribution in [1.82, 2.24) is 14.5 Å². The van der Waals surface area contributed by atoms with Gasteiger partial charge in [0, 0.05) is 25.7 Å². The lowest BCUT2D eigenvalue weighted by Gasteiger charge is -2.26. The molecule has 1 fully saturated rings. The predicted molar refractivity (Wildman–Crippen MR) is 114 cm³/mol. The predicted octanol–water partition coefficient (Wildman–Crippen LogP) is 3.63. The van der Waals surface area contributed by atoms with E-state index in [1.807, 2.05) is 36.8 Å². The van der Waals surface area contributed by atoms with Crippen molar-refractivity contribution in [2.24, 2.45) is 0 Å². The van der Waals surface area contributed by atoms with Gasteiger partial charge in [-0.2, -0.15) is 0 Å². The highest BCUT2D eigenvalue weighted by Crippen LogP contribution is 2.34. The van der Waals surface area contributed by atoms with Crippen LogP contribution in [0.15, 0.2) is 36.8 Å². The molecule has 3 heterocycles. The lowest BCUT2D eigenvalue weighted by molar-refractivity contribution is 0.122. The van der Waals surface area contributed by atoms with Crippen molar-refractivity contribution in [1.29, 1.82) is 0 Å². The van der Waals surface area contributed by atoms with Crippen molar-refractivity contribution in [3.8, 4) is 22.1 Å². The molecular formula is C21H26N4O3S. The van der Waals surface area contributed by atoms with Crippen molar-refractivity contribution in [2.75, 3.05) is 44.9 Å². The van der Waals surface area contributed by atoms with Crippen molar-refractivity contribution in [3.63, 3.8) is 0 Å². The summed E-state index contributed by atoms with van der Waals surface area (Å²) in [4.78, 5) is 12.6. The maximum atomic E-state index is 5.86. The van der Waals surface area contributed by atoms with Gasteiger partial charge in [0.25, 0.3) is 0 Å². The zero-order valence-electron chi connectivity index (χ0n) is 16.8. The van der Waals surface area contributed by atoms with E-state index in [-0.39, 0.29) is 0 Å². The molecule has 3 aromatic rings. The summed E-state index contributed by atoms with van der Waals surface area (Å²) in [5, 5.41) is 1.06. The Morgan fingerprint density at radius 2 is 2.03 bits per heavy atom. The summed E-state index contributed by atoms with van der Waals surface area (Å²) in [5.41, 5.74) is 2.16. The minimum atomic E-state index is 0.630. The SMILES string of the molecule is COc1cccc(OCCCn2cncc2-c2sc(N3CCOCC3)nc2C)c1. The summed E-state index contributed by atoms with van der Waals surface area (Å²) < 4.78 is 18.7. The molecular weight excluding hydrogens is 388 g/mol. The van der Waals surface area contributed by atoms with Gasteiger partial charge in [-0.1, -0.05) is 17.4 Å². The van der Waals surface area contributed by atoms with Gasteiger partial charge in [0.1, 0.15) is 11.5 Å². The van der Waals surface area contributed by atoms with E-state index in [1.165, 1.54) is 4.88 Å². The number of hydrogen-bond donors (Lipinski definition) is 0. The van der Waals surface area contributed by atoms with Crippen LogP contribution < -0.4 is 14.4 Å². The number of aryl methyl sites for hydroxylation is 2. The second-order valence-corrected chi connectivity index (χ2v) is 7.84. The topological polar surface area (TPSA) is 61.6 Å². The van der Waals surface area contributed by atoms with E-state index in [2.05, 4.69) is 21.4 Å². The first kappa shape index (κ1) is 19.7. The molecule has 4 rings (SSSR count). The lowest BCUT2D eigenvalue weighted by Crippen LogP contribution is -2.36. The van der Waals surface area contributed by atoms with Crippen LogP contribution in [0.3, 0.4) is 0 Å². The summed E-state index contributed by atoms with van der Waals surface area (Å²) in [6.45, 7) is 6.85. The largest absolute Gasteiger partial charge is 0.497 e. The van der Waals surface area contributed by atoms with Crippen LogP contribution in [0.1, 0.15) is 12.1 Å². The summed E-state index contributed by atoms with van der Waals surface area (Å²) in [5.74, 6) is 1.62. The molecule has 0 spiro atoms. The van der Waals surface area contributed by atoms with Gasteiger partial charge in [-0.15, -0.1) is 0 Å². The molecule has 0 bridgehead atoms. The Morgan fingerprint density at radius 3 is 2.86 bits per heavy atom. The molecule has 7 nitrogen and oxygen atoms in total. The Hall–Kier alpha value is -2.58. The highest BCUT2D eigenvalue weighted by Gasteiger charge is 2.19. The third-order valence-electron chi connectivity index (χ3n) is 4.87. The number of rotatable bonds is 8. The molecule has 1 aliphatic rings. The summed E-state index contributed by atoms with van der Waals surface area (Å²) in [6.07, 6.45) is 4.69. The number of imidazole rings is 1. The average Bonchev–Trinajstić information content (AvgIpc) is 3.38. The van der Waals surface area contributed by atoms with Crippen molar-refractivity contribution >= 4 is 16.5 Å². The van der Waals surface area contributed by atoms with Crippen LogP contribution >= 0.6 is 11.3 Å². The standard InChI is InChI=1S/C21H26N4O3S/c1-16-20(29-21(23-16)24-8-11-27-12-9-24)19-14-22-15-25(19)7-4-10-28-18-6-3-5-17(13-18)26-2/h3,5-6,13-15H,4,7-12H2,1-2H3. The number of methoxy groups -OCH3 is 1. The molecule has 0 aliphatic carbocycles. The quantitative estimate of drug-likeness (QED) is 0.525. The fraction of sp³-hybridized carbons (Fsp3) is 0.429. The molecule has 29 heavy (non-hydrogen) atoms. The smallest absolute Gasteiger partial charge is 0.186 e. The maximum absolute atomic E-state index is 5.86. The molecule has 1 aromatic carbocycles. The van der Waals surface area contributed by atoms with E-state index in [4.69, 9.17) is 19.2 Å². The molecule has 0 amide bonds. The van der Waals surface area contributed by atoms with Gasteiger partial charge in [0.15, 0.2) is 5.13 Å². The van der Waals surface area contributed by atoms with Gasteiger partial charge in [-0.3, -0.25) is 0 Å². The second-order valence-electron chi connectivity index (χ2n) is 6.86. The number of morpholine rings is 1. The summed E-state index contributed by atoms with van der Waals surface area (Å²) in [7, 11) is 1.66. The van der Waals surface area contributed by atoms with E-state index in [1.54, 1.807) is 18.4 Å². The highest BCUT2D eigenvalue weighted by molar-refractivity contribution is 7.19. The first-order valence-corrected chi connectivity index (χ1v) is 10.6. The van der Waals surface area contributed by atoms with Crippen LogP contribution in [0.5, 0.6) is 11.5 Å². The normalized spacial score (nSPS) is 14.2. The summed E-state index contributed by atoms with van der Waals surface area (Å²) in [6, 6.07) is 7.68. The Morgan fingerprint density at radius 1 is 1.21 bits per heavy atom. The number of thiazole rings is 1. The third-order valence-corrected chi connectivity index (χ3v) is 6.11. The van der Waals surface area contributed by atoms with Crippen LogP contribution in [-0.4, -0.2) is 54.6 Å². The van der Waals surface area contributed by atoms with Crippen molar-refractivity contribution in [3.05, 3.63) is 42.5 Å². The van der Waals surface area contributed by atoms with Crippen LogP contribution in [0, 0.1) is 6.92 Å². The Kier molecular flexibility index (Phi) is 6.31. The molecule has 1 saturated heterocycles. The van der Waals surface area contributed by atoms with Crippen LogP contribution in [0.25, 0.3) is 10.6 Å². The van der Waals surface area contributed by atoms with E-state index in [9.17, 15) is 0 Å². The first-order valence-electron chi connectivity index (χ1n) is 9.82. The number of nitrogens with zero attached hydrogens (tertiary/aromatic N) is 4. The second kappa shape index (κ2) is 9.28. The van der Waals surface area contributed by atoms with E-state index in [0.717, 1.165) is 67.3 Å². The van der Waals surface area contributed by atoms with Gasteiger partial charge in [0.2, 0.25) is 0 Å². The van der Waals surface area contributed by atoms with Crippen LogP contribution in [-0.2, 0) is 11.3 Å². The van der Waals surface area contributed by atoms with Crippen LogP contribution in [0.4, 0.5) is 5.13 Å². The third kappa shape index (κ3) is 4.71. The zero-order valence-corrected chi connectivity index (χ0v) is 17.7. The van der Waals surface area contributed by atoms with Crippen molar-refractivity contribution in [2.45, 2.75) is 19.9 Å². The molecule has 0 radical (unpaired) electrons. The summed E-state index contributed by atoms with van der Waals surface area (Å²) >= 11 is 1.73. The fourth-order valence-corrected chi connectivity index (χ4v) is 4.46. The maximum Gasteiger partial charge on any atom is 0.186 e. The minimum Gasteiger partial charge on any atom is -0.497 e. The number of aromatic nitrogens is 3. The van der Waals surface area contributed by atoms with E-state index in [0.29, 0.717) is 6.61 Å². The van der Waals surface area contributed by atoms with Gasteiger partial charge < -0.3 is 23.7 Å². The van der Waals surface area contributed by atoms with Gasteiger partial charge in [-0.05, 0) is 25.5 Å². The Labute approximate surface area is 174 Å². The Bertz CT molecular complexity index is 934. The van der Waals surface area contributed by atoms with Gasteiger partial charge in [-0.25, -0.2) is 9.97 Å². The van der Waals surface area contributed by atoms with E-state index < -0.39 is 0 Å². The molecule has 0 N–H and O–H groups in total. The number of benzene rings is 1. The van der Waals surface area contributed by atoms with E-state index >= 15 is 0 Å². The Balaban J connectivity index is 1.38. The zero-order chi connectivity index (χ0) is 20.1. The molecule has 1 aliphatic heterocycles. The monoisotopic (exact) mass is 414 g/mol. The highest BCUT2D eigenvalue weighted by atomic mass is 32.1. The average molecular weight is 415 g/mol.